The first-order valence-electron chi connectivity index (χ1n) is 18.8. The number of halogens is 2. The minimum atomic E-state index is -2.96. The molecular weight excluding hydrogens is 878 g/mol. The van der Waals surface area contributed by atoms with Crippen LogP contribution >= 0.6 is 0 Å². The minimum Gasteiger partial charge on any atom is -1.00 e. The zero-order valence-corrected chi connectivity index (χ0v) is 38.2. The van der Waals surface area contributed by atoms with Crippen molar-refractivity contribution in [3.8, 4) is 33.4 Å². The molecule has 2 aliphatic carbocycles. The van der Waals surface area contributed by atoms with E-state index in [2.05, 4.69) is 205 Å². The van der Waals surface area contributed by atoms with Crippen molar-refractivity contribution < 1.29 is 44.9 Å². The quantitative estimate of drug-likeness (QED) is 0.181. The van der Waals surface area contributed by atoms with Gasteiger partial charge in [0.15, 0.2) is 0 Å². The fourth-order valence-corrected chi connectivity index (χ4v) is 39.5. The summed E-state index contributed by atoms with van der Waals surface area (Å²) in [5.41, 5.74) is 13.2. The Hall–Kier alpha value is -3.53. The molecule has 0 aromatic heterocycles. The van der Waals surface area contributed by atoms with Crippen LogP contribution in [0.3, 0.4) is 0 Å². The van der Waals surface area contributed by atoms with Crippen LogP contribution in [0.1, 0.15) is 73.9 Å². The molecular formula is C50H48Cl2HfSi. The molecule has 0 saturated heterocycles. The van der Waals surface area contributed by atoms with Crippen molar-refractivity contribution in [1.29, 1.82) is 0 Å². The number of rotatable bonds is 6. The molecule has 4 heteroatoms. The van der Waals surface area contributed by atoms with E-state index in [0.29, 0.717) is 3.67 Å². The second kappa shape index (κ2) is 16.3. The van der Waals surface area contributed by atoms with Crippen LogP contribution in [0, 0.1) is 0 Å². The van der Waals surface area contributed by atoms with Crippen molar-refractivity contribution in [2.45, 2.75) is 62.5 Å². The summed E-state index contributed by atoms with van der Waals surface area (Å²) < 4.78 is 2.17. The summed E-state index contributed by atoms with van der Waals surface area (Å²) in [6, 6.07) is 56.2. The second-order valence-corrected chi connectivity index (χ2v) is 35.5. The van der Waals surface area contributed by atoms with Gasteiger partial charge in [0.05, 0.1) is 0 Å². The molecule has 6 aromatic carbocycles. The van der Waals surface area contributed by atoms with Crippen LogP contribution in [0.4, 0.5) is 0 Å². The van der Waals surface area contributed by atoms with Crippen LogP contribution in [-0.4, -0.2) is 5.49 Å². The van der Waals surface area contributed by atoms with Gasteiger partial charge in [-0.1, -0.05) is 0 Å². The van der Waals surface area contributed by atoms with E-state index in [1.54, 1.807) is 24.8 Å². The summed E-state index contributed by atoms with van der Waals surface area (Å²) >= 11 is -2.96. The molecule has 0 N–H and O–H groups in total. The Labute approximate surface area is 343 Å². The predicted octanol–water partition coefficient (Wildman–Crippen LogP) is 5.96. The van der Waals surface area contributed by atoms with Crippen molar-refractivity contribution in [1.82, 2.24) is 0 Å². The third kappa shape index (κ3) is 7.65. The van der Waals surface area contributed by atoms with Crippen LogP contribution in [-0.2, 0) is 30.9 Å². The molecule has 270 valence electrons. The number of hydrogen-bond donors (Lipinski definition) is 0. The Balaban J connectivity index is 0.00000249. The first-order valence-corrected chi connectivity index (χ1v) is 29.5. The zero-order valence-electron chi connectivity index (χ0n) is 32.1. The zero-order chi connectivity index (χ0) is 36.0. The van der Waals surface area contributed by atoms with Crippen molar-refractivity contribution in [2.24, 2.45) is 0 Å². The summed E-state index contributed by atoms with van der Waals surface area (Å²) in [6.07, 6.45) is 8.40. The van der Waals surface area contributed by atoms with Gasteiger partial charge in [0.1, 0.15) is 0 Å². The van der Waals surface area contributed by atoms with E-state index < -0.39 is 25.6 Å². The normalized spacial score (nSPS) is 13.2. The molecule has 2 aliphatic rings. The van der Waals surface area contributed by atoms with Crippen LogP contribution in [0.15, 0.2) is 167 Å². The summed E-state index contributed by atoms with van der Waals surface area (Å²) in [7, 11) is 0. The van der Waals surface area contributed by atoms with Gasteiger partial charge in [0, 0.05) is 0 Å². The van der Waals surface area contributed by atoms with Crippen LogP contribution in [0.25, 0.3) is 33.4 Å². The molecule has 6 aromatic rings. The van der Waals surface area contributed by atoms with Crippen LogP contribution in [0.2, 0.25) is 0 Å². The number of fused-ring (bicyclic) bond motifs is 3. The molecule has 0 fully saturated rings. The first-order chi connectivity index (χ1) is 25.1. The number of benzene rings is 6. The van der Waals surface area contributed by atoms with Gasteiger partial charge in [0.25, 0.3) is 0 Å². The van der Waals surface area contributed by atoms with Gasteiger partial charge in [-0.25, -0.2) is 0 Å². The van der Waals surface area contributed by atoms with Crippen LogP contribution in [0.5, 0.6) is 0 Å². The molecule has 0 atom stereocenters. The maximum Gasteiger partial charge on any atom is -1.00 e. The first kappa shape index (κ1) is 40.1. The molecule has 0 radical (unpaired) electrons. The molecule has 0 heterocycles. The molecule has 8 rings (SSSR count). The Morgan fingerprint density at radius 3 is 1.24 bits per heavy atom. The van der Waals surface area contributed by atoms with Crippen molar-refractivity contribution in [3.05, 3.63) is 189 Å². The SMILES string of the molecule is CC(C)(C)c1cc2c(cc1-c1ccccc1)[CH]([Hf+2]([C]1=CC=CC1)=[Si](c1ccccc1)c1ccccc1)c1cc(-c3ccccc3)c(C(C)(C)C)cc1-2.[Cl-].[Cl-]. The molecule has 54 heavy (non-hydrogen) atoms. The monoisotopic (exact) mass is 926 g/mol. The van der Waals surface area contributed by atoms with E-state index in [0.717, 1.165) is 6.42 Å². The summed E-state index contributed by atoms with van der Waals surface area (Å²) in [4.78, 5) is 0. The van der Waals surface area contributed by atoms with Crippen molar-refractivity contribution in [3.63, 3.8) is 0 Å². The van der Waals surface area contributed by atoms with Crippen LogP contribution < -0.4 is 35.2 Å². The Kier molecular flexibility index (Phi) is 12.1. The van der Waals surface area contributed by atoms with E-state index in [1.165, 1.54) is 44.5 Å². The standard InChI is InChI=1S/C33H33.C12H10Si.C5H5.2ClH.Hf/c1-32(2,3)30-20-26-24(18-28(30)22-13-9-7-10-14-22)17-25-19-29(23-15-11-8-12-16-23)31(21-27(25)26)33(4,5)6;1-3-7-11(8-4-1)13-12-9-5-2-6-10-12;1-2-4-5-3-1;;;/h7-21H,1-6H3;1-10H;1-3H,4H2;2*1H;/q;;;;;+2/p-2. The average molecular weight is 926 g/mol. The molecule has 0 amide bonds. The van der Waals surface area contributed by atoms with E-state index in [9.17, 15) is 0 Å². The van der Waals surface area contributed by atoms with Gasteiger partial charge < -0.3 is 24.8 Å². The average Bonchev–Trinajstić information content (AvgIpc) is 3.80. The van der Waals surface area contributed by atoms with E-state index in [-0.39, 0.29) is 35.6 Å². The molecule has 0 spiro atoms. The largest absolute Gasteiger partial charge is 1.00 e. The molecule has 0 aliphatic heterocycles. The third-order valence-corrected chi connectivity index (χ3v) is 38.4. The summed E-state index contributed by atoms with van der Waals surface area (Å²) in [6.45, 7) is 14.3. The summed E-state index contributed by atoms with van der Waals surface area (Å²) in [5.74, 6) is 0. The Morgan fingerprint density at radius 2 is 0.889 bits per heavy atom. The number of allylic oxidation sites excluding steroid dienone is 4. The van der Waals surface area contributed by atoms with Gasteiger partial charge in [-0.3, -0.25) is 0 Å². The molecule has 0 bridgehead atoms. The van der Waals surface area contributed by atoms with Gasteiger partial charge in [0.2, 0.25) is 0 Å². The van der Waals surface area contributed by atoms with Crippen molar-refractivity contribution in [2.75, 3.05) is 0 Å². The smallest absolute Gasteiger partial charge is 1.00 e. The third-order valence-electron chi connectivity index (χ3n) is 10.9. The van der Waals surface area contributed by atoms with Gasteiger partial charge in [-0.2, -0.15) is 0 Å². The van der Waals surface area contributed by atoms with Gasteiger partial charge in [-0.15, -0.1) is 0 Å². The molecule has 0 nitrogen and oxygen atoms in total. The van der Waals surface area contributed by atoms with E-state index in [4.69, 9.17) is 0 Å². The topological polar surface area (TPSA) is 0 Å². The van der Waals surface area contributed by atoms with Crippen molar-refractivity contribution >= 4 is 15.9 Å². The molecule has 0 saturated carbocycles. The maximum absolute atomic E-state index is 2.96. The predicted molar refractivity (Wildman–Crippen MR) is 222 cm³/mol. The Bertz CT molecular complexity index is 2220. The van der Waals surface area contributed by atoms with Gasteiger partial charge >= 0.3 is 321 Å². The molecule has 0 unspecified atom stereocenters. The van der Waals surface area contributed by atoms with E-state index in [1.807, 2.05) is 0 Å². The Morgan fingerprint density at radius 1 is 0.500 bits per heavy atom. The summed E-state index contributed by atoms with van der Waals surface area (Å²) in [5, 5.41) is 3.13. The second-order valence-electron chi connectivity index (χ2n) is 16.5. The fourth-order valence-electron chi connectivity index (χ4n) is 8.43. The number of hydrogen-bond acceptors (Lipinski definition) is 0. The van der Waals surface area contributed by atoms with E-state index >= 15 is 0 Å². The maximum atomic E-state index is 2.66. The minimum absolute atomic E-state index is 0. The van der Waals surface area contributed by atoms with Gasteiger partial charge in [-0.05, 0) is 0 Å². The fraction of sp³-hybridized carbons (Fsp3) is 0.200.